The quantitative estimate of drug-likeness (QED) is 0.702. The van der Waals surface area contributed by atoms with Gasteiger partial charge in [-0.3, -0.25) is 9.69 Å². The Balaban J connectivity index is 2.44. The number of nitrogens with zero attached hydrogens (tertiary/aromatic N) is 1. The van der Waals surface area contributed by atoms with Crippen LogP contribution in [0.25, 0.3) is 0 Å². The number of hydrogen-bond donors (Lipinski definition) is 1. The molecule has 1 saturated heterocycles. The third-order valence-electron chi connectivity index (χ3n) is 3.06. The van der Waals surface area contributed by atoms with E-state index in [1.165, 1.54) is 0 Å². The minimum atomic E-state index is 0.160. The Morgan fingerprint density at radius 2 is 2.23 bits per heavy atom. The fourth-order valence-electron chi connectivity index (χ4n) is 1.86. The first kappa shape index (κ1) is 10.7. The van der Waals surface area contributed by atoms with E-state index < -0.39 is 0 Å². The number of aliphatic hydroxyl groups is 1. The van der Waals surface area contributed by atoms with Crippen LogP contribution in [0, 0.1) is 5.92 Å². The number of carbonyl (C=O) groups is 1. The van der Waals surface area contributed by atoms with Crippen molar-refractivity contribution in [3.63, 3.8) is 0 Å². The van der Waals surface area contributed by atoms with Crippen LogP contribution in [0.2, 0.25) is 0 Å². The lowest BCUT2D eigenvalue weighted by molar-refractivity contribution is -0.127. The van der Waals surface area contributed by atoms with Gasteiger partial charge in [-0.15, -0.1) is 0 Å². The maximum absolute atomic E-state index is 11.3. The van der Waals surface area contributed by atoms with Gasteiger partial charge in [0.25, 0.3) is 0 Å². The average molecular weight is 185 g/mol. The lowest BCUT2D eigenvalue weighted by atomic mass is 9.90. The van der Waals surface area contributed by atoms with Crippen molar-refractivity contribution in [1.29, 1.82) is 0 Å². The highest BCUT2D eigenvalue weighted by molar-refractivity contribution is 5.82. The van der Waals surface area contributed by atoms with Crippen molar-refractivity contribution in [2.75, 3.05) is 19.7 Å². The summed E-state index contributed by atoms with van der Waals surface area (Å²) in [6, 6.07) is 0.341. The smallest absolute Gasteiger partial charge is 0.138 e. The second kappa shape index (κ2) is 4.72. The predicted octanol–water partition coefficient (Wildman–Crippen LogP) is 0.668. The van der Waals surface area contributed by atoms with E-state index in [1.807, 2.05) is 6.92 Å². The molecule has 0 aromatic carbocycles. The lowest BCUT2D eigenvalue weighted by Crippen LogP contribution is -2.47. The van der Waals surface area contributed by atoms with Crippen LogP contribution in [-0.4, -0.2) is 41.5 Å². The van der Waals surface area contributed by atoms with Crippen molar-refractivity contribution in [2.45, 2.75) is 32.7 Å². The largest absolute Gasteiger partial charge is 0.396 e. The maximum atomic E-state index is 11.3. The zero-order valence-electron chi connectivity index (χ0n) is 8.49. The molecule has 1 N–H and O–H groups in total. The molecular formula is C10H19NO2. The Labute approximate surface area is 79.7 Å². The highest BCUT2D eigenvalue weighted by Crippen LogP contribution is 2.19. The molecule has 0 saturated carbocycles. The molecule has 3 nitrogen and oxygen atoms in total. The number of aliphatic hydroxyl groups excluding tert-OH is 1. The van der Waals surface area contributed by atoms with Gasteiger partial charge in [0, 0.05) is 38.1 Å². The number of rotatable bonds is 3. The molecule has 1 aliphatic rings. The van der Waals surface area contributed by atoms with Crippen LogP contribution in [0.15, 0.2) is 0 Å². The standard InChI is InChI=1S/C10H19NO2/c1-8-9(2)11(5-3-7-12)6-4-10(8)13/h8-9,12H,3-7H2,1-2H3/t8-,9+/m0/s1. The summed E-state index contributed by atoms with van der Waals surface area (Å²) in [5.41, 5.74) is 0. The molecule has 0 aromatic heterocycles. The summed E-state index contributed by atoms with van der Waals surface area (Å²) < 4.78 is 0. The molecule has 3 heteroatoms. The van der Waals surface area contributed by atoms with Crippen LogP contribution in [0.3, 0.4) is 0 Å². The van der Waals surface area contributed by atoms with Crippen molar-refractivity contribution in [1.82, 2.24) is 4.90 Å². The van der Waals surface area contributed by atoms with Gasteiger partial charge in [0.05, 0.1) is 0 Å². The van der Waals surface area contributed by atoms with E-state index in [0.29, 0.717) is 18.2 Å². The Morgan fingerprint density at radius 3 is 2.85 bits per heavy atom. The molecule has 0 bridgehead atoms. The zero-order valence-corrected chi connectivity index (χ0v) is 8.49. The molecule has 76 valence electrons. The van der Waals surface area contributed by atoms with E-state index in [2.05, 4.69) is 11.8 Å². The van der Waals surface area contributed by atoms with Crippen LogP contribution >= 0.6 is 0 Å². The first-order valence-electron chi connectivity index (χ1n) is 5.04. The highest BCUT2D eigenvalue weighted by atomic mass is 16.3. The van der Waals surface area contributed by atoms with Gasteiger partial charge in [-0.1, -0.05) is 6.92 Å². The van der Waals surface area contributed by atoms with Crippen LogP contribution in [0.4, 0.5) is 0 Å². The van der Waals surface area contributed by atoms with Gasteiger partial charge in [0.1, 0.15) is 5.78 Å². The van der Waals surface area contributed by atoms with E-state index in [4.69, 9.17) is 5.11 Å². The third-order valence-corrected chi connectivity index (χ3v) is 3.06. The number of Topliss-reactive ketones (excluding diaryl/α,β-unsaturated/α-hetero) is 1. The Bertz CT molecular complexity index is 182. The fraction of sp³-hybridized carbons (Fsp3) is 0.900. The van der Waals surface area contributed by atoms with Gasteiger partial charge in [-0.25, -0.2) is 0 Å². The summed E-state index contributed by atoms with van der Waals surface area (Å²) in [5, 5.41) is 8.71. The van der Waals surface area contributed by atoms with Crippen molar-refractivity contribution in [2.24, 2.45) is 5.92 Å². The fourth-order valence-corrected chi connectivity index (χ4v) is 1.86. The second-order valence-corrected chi connectivity index (χ2v) is 3.86. The molecular weight excluding hydrogens is 166 g/mol. The van der Waals surface area contributed by atoms with Crippen LogP contribution in [0.5, 0.6) is 0 Å². The minimum absolute atomic E-state index is 0.160. The van der Waals surface area contributed by atoms with Crippen molar-refractivity contribution in [3.05, 3.63) is 0 Å². The van der Waals surface area contributed by atoms with Crippen molar-refractivity contribution >= 4 is 5.78 Å². The van der Waals surface area contributed by atoms with Gasteiger partial charge in [-0.05, 0) is 13.3 Å². The molecule has 1 fully saturated rings. The first-order valence-corrected chi connectivity index (χ1v) is 5.04. The number of likely N-dealkylation sites (tertiary alicyclic amines) is 1. The predicted molar refractivity (Wildman–Crippen MR) is 51.5 cm³/mol. The monoisotopic (exact) mass is 185 g/mol. The first-order chi connectivity index (χ1) is 6.16. The number of hydrogen-bond acceptors (Lipinski definition) is 3. The Morgan fingerprint density at radius 1 is 1.54 bits per heavy atom. The van der Waals surface area contributed by atoms with Crippen molar-refractivity contribution < 1.29 is 9.90 Å². The minimum Gasteiger partial charge on any atom is -0.396 e. The Kier molecular flexibility index (Phi) is 3.88. The molecule has 1 heterocycles. The maximum Gasteiger partial charge on any atom is 0.138 e. The molecule has 0 radical (unpaired) electrons. The van der Waals surface area contributed by atoms with Crippen molar-refractivity contribution in [3.8, 4) is 0 Å². The van der Waals surface area contributed by atoms with E-state index in [9.17, 15) is 4.79 Å². The lowest BCUT2D eigenvalue weighted by Gasteiger charge is -2.36. The number of carbonyl (C=O) groups excluding carboxylic acids is 1. The highest BCUT2D eigenvalue weighted by Gasteiger charge is 2.29. The second-order valence-electron chi connectivity index (χ2n) is 3.86. The Hall–Kier alpha value is -0.410. The summed E-state index contributed by atoms with van der Waals surface area (Å²) in [5.74, 6) is 0.542. The third kappa shape index (κ3) is 2.51. The molecule has 0 unspecified atom stereocenters. The van der Waals surface area contributed by atoms with Gasteiger partial charge in [-0.2, -0.15) is 0 Å². The molecule has 0 spiro atoms. The molecule has 1 aliphatic heterocycles. The summed E-state index contributed by atoms with van der Waals surface area (Å²) in [4.78, 5) is 13.6. The van der Waals surface area contributed by atoms with Gasteiger partial charge in [0.2, 0.25) is 0 Å². The average Bonchev–Trinajstić information content (AvgIpc) is 2.13. The molecule has 0 amide bonds. The SMILES string of the molecule is C[C@@H]1C(=O)CCN(CCCO)[C@@H]1C. The molecule has 0 aromatic rings. The molecule has 13 heavy (non-hydrogen) atoms. The zero-order chi connectivity index (χ0) is 9.84. The number of ketones is 1. The van der Waals surface area contributed by atoms with Crippen LogP contribution in [0.1, 0.15) is 26.7 Å². The van der Waals surface area contributed by atoms with Gasteiger partial charge < -0.3 is 5.11 Å². The van der Waals surface area contributed by atoms with E-state index in [-0.39, 0.29) is 12.5 Å². The van der Waals surface area contributed by atoms with Crippen LogP contribution in [-0.2, 0) is 4.79 Å². The summed E-state index contributed by atoms with van der Waals surface area (Å²) in [6.45, 7) is 6.11. The summed E-state index contributed by atoms with van der Waals surface area (Å²) >= 11 is 0. The van der Waals surface area contributed by atoms with E-state index >= 15 is 0 Å². The number of piperidine rings is 1. The van der Waals surface area contributed by atoms with Crippen LogP contribution < -0.4 is 0 Å². The normalized spacial score (nSPS) is 30.8. The van der Waals surface area contributed by atoms with E-state index in [0.717, 1.165) is 19.5 Å². The summed E-state index contributed by atoms with van der Waals surface area (Å²) in [7, 11) is 0. The van der Waals surface area contributed by atoms with E-state index in [1.54, 1.807) is 0 Å². The molecule has 1 rings (SSSR count). The molecule has 2 atom stereocenters. The topological polar surface area (TPSA) is 40.5 Å². The summed E-state index contributed by atoms with van der Waals surface area (Å²) in [6.07, 6.45) is 1.49. The molecule has 0 aliphatic carbocycles. The van der Waals surface area contributed by atoms with Gasteiger partial charge in [0.15, 0.2) is 0 Å². The van der Waals surface area contributed by atoms with Gasteiger partial charge >= 0.3 is 0 Å².